The number of aryl methyl sites for hydroxylation is 1. The number of carbonyl (C=O) groups excluding carboxylic acids is 1. The molecule has 0 aliphatic carbocycles. The number of nitrogens with zero attached hydrogens (tertiary/aromatic N) is 6. The third-order valence-corrected chi connectivity index (χ3v) is 7.46. The van der Waals surface area contributed by atoms with Gasteiger partial charge in [-0.05, 0) is 69.3 Å². The van der Waals surface area contributed by atoms with Crippen LogP contribution in [0.4, 0.5) is 11.6 Å². The van der Waals surface area contributed by atoms with E-state index in [4.69, 9.17) is 14.7 Å². The fraction of sp³-hybridized carbons (Fsp3) is 0.567. The van der Waals surface area contributed by atoms with Crippen LogP contribution in [0.25, 0.3) is 11.2 Å². The summed E-state index contributed by atoms with van der Waals surface area (Å²) in [5.74, 6) is 1.55. The van der Waals surface area contributed by atoms with Gasteiger partial charge in [-0.15, -0.1) is 0 Å². The van der Waals surface area contributed by atoms with Crippen molar-refractivity contribution in [3.8, 4) is 5.75 Å². The number of hydrogen-bond acceptors (Lipinski definition) is 7. The number of fused-ring (bicyclic) bond motifs is 1. The van der Waals surface area contributed by atoms with E-state index in [1.807, 2.05) is 41.3 Å². The number of imidazole rings is 1. The van der Waals surface area contributed by atoms with Crippen molar-refractivity contribution in [3.63, 3.8) is 0 Å². The first-order valence-corrected chi connectivity index (χ1v) is 14.5. The second-order valence-corrected chi connectivity index (χ2v) is 10.5. The number of hydrogen-bond donors (Lipinski definition) is 1. The molecule has 1 aliphatic rings. The van der Waals surface area contributed by atoms with Gasteiger partial charge in [0.05, 0.1) is 7.11 Å². The van der Waals surface area contributed by atoms with Crippen LogP contribution < -0.4 is 10.1 Å². The summed E-state index contributed by atoms with van der Waals surface area (Å²) < 4.78 is 7.44. The van der Waals surface area contributed by atoms with Crippen molar-refractivity contribution in [1.29, 1.82) is 0 Å². The van der Waals surface area contributed by atoms with Crippen LogP contribution >= 0.6 is 0 Å². The molecule has 1 fully saturated rings. The first-order chi connectivity index (χ1) is 19.0. The Hall–Kier alpha value is -3.17. The van der Waals surface area contributed by atoms with Crippen LogP contribution in [0.5, 0.6) is 5.75 Å². The molecular weight excluding hydrogens is 490 g/mol. The largest absolute Gasteiger partial charge is 0.497 e. The average molecular weight is 536 g/mol. The van der Waals surface area contributed by atoms with E-state index in [1.165, 1.54) is 0 Å². The Bertz CT molecular complexity index is 1180. The number of rotatable bonds is 14. The Morgan fingerprint density at radius 1 is 0.923 bits per heavy atom. The number of aromatic nitrogens is 3. The fourth-order valence-electron chi connectivity index (χ4n) is 4.93. The Morgan fingerprint density at radius 2 is 1.62 bits per heavy atom. The SMILES string of the molecule is CCCCN(CCCC)C(=O)c1ccc2nc(Nc3ccc(OC)cc3)n(CCCN3CCN(C)CC3)c2n1. The highest BCUT2D eigenvalue weighted by Gasteiger charge is 2.20. The van der Waals surface area contributed by atoms with Gasteiger partial charge in [0, 0.05) is 51.5 Å². The van der Waals surface area contributed by atoms with Crippen molar-refractivity contribution in [2.75, 3.05) is 65.3 Å². The summed E-state index contributed by atoms with van der Waals surface area (Å²) in [4.78, 5) is 30.2. The van der Waals surface area contributed by atoms with E-state index in [9.17, 15) is 4.79 Å². The zero-order valence-corrected chi connectivity index (χ0v) is 24.2. The van der Waals surface area contributed by atoms with E-state index in [-0.39, 0.29) is 5.91 Å². The van der Waals surface area contributed by atoms with Crippen molar-refractivity contribution in [1.82, 2.24) is 29.2 Å². The fourth-order valence-corrected chi connectivity index (χ4v) is 4.93. The molecule has 0 radical (unpaired) electrons. The van der Waals surface area contributed by atoms with Crippen molar-refractivity contribution < 1.29 is 9.53 Å². The smallest absolute Gasteiger partial charge is 0.272 e. The third kappa shape index (κ3) is 7.70. The van der Waals surface area contributed by atoms with Gasteiger partial charge in [-0.25, -0.2) is 9.97 Å². The molecule has 39 heavy (non-hydrogen) atoms. The number of benzene rings is 1. The minimum absolute atomic E-state index is 0.00801. The molecule has 3 heterocycles. The van der Waals surface area contributed by atoms with Gasteiger partial charge >= 0.3 is 0 Å². The molecule has 4 rings (SSSR count). The Kier molecular flexibility index (Phi) is 10.6. The van der Waals surface area contributed by atoms with Gasteiger partial charge in [0.15, 0.2) is 5.65 Å². The number of nitrogens with one attached hydrogen (secondary N) is 1. The van der Waals surface area contributed by atoms with Crippen LogP contribution in [-0.4, -0.2) is 95.1 Å². The summed E-state index contributed by atoms with van der Waals surface area (Å²) in [5, 5.41) is 3.48. The second-order valence-electron chi connectivity index (χ2n) is 10.5. The van der Waals surface area contributed by atoms with Crippen LogP contribution in [0.2, 0.25) is 0 Å². The molecule has 0 atom stereocenters. The molecule has 0 bridgehead atoms. The van der Waals surface area contributed by atoms with Crippen LogP contribution in [-0.2, 0) is 6.54 Å². The summed E-state index contributed by atoms with van der Waals surface area (Å²) in [5.41, 5.74) is 2.95. The molecule has 9 heteroatoms. The van der Waals surface area contributed by atoms with E-state index in [1.54, 1.807) is 7.11 Å². The Labute approximate surface area is 233 Å². The number of ether oxygens (including phenoxy) is 1. The van der Waals surface area contributed by atoms with Gasteiger partial charge in [-0.2, -0.15) is 0 Å². The number of methoxy groups -OCH3 is 1. The van der Waals surface area contributed by atoms with Gasteiger partial charge in [-0.1, -0.05) is 26.7 Å². The zero-order chi connectivity index (χ0) is 27.6. The third-order valence-electron chi connectivity index (χ3n) is 7.46. The summed E-state index contributed by atoms with van der Waals surface area (Å²) in [7, 11) is 3.85. The Balaban J connectivity index is 1.59. The molecule has 3 aromatic rings. The van der Waals surface area contributed by atoms with Crippen LogP contribution in [0.15, 0.2) is 36.4 Å². The van der Waals surface area contributed by atoms with E-state index >= 15 is 0 Å². The van der Waals surface area contributed by atoms with Crippen LogP contribution in [0, 0.1) is 0 Å². The standard InChI is InChI=1S/C30H45N7O2/c1-5-7-17-36(18-8-6-2)29(38)27-15-14-26-28(32-27)37(19-9-16-35-22-20-34(3)21-23-35)30(33-26)31-24-10-12-25(39-4)13-11-24/h10-15H,5-9,16-23H2,1-4H3,(H,31,33). The minimum Gasteiger partial charge on any atom is -0.497 e. The van der Waals surface area contributed by atoms with Gasteiger partial charge in [0.1, 0.15) is 17.0 Å². The molecule has 1 amide bonds. The van der Waals surface area contributed by atoms with Crippen molar-refractivity contribution in [2.45, 2.75) is 52.5 Å². The highest BCUT2D eigenvalue weighted by Crippen LogP contribution is 2.24. The maximum absolute atomic E-state index is 13.5. The van der Waals surface area contributed by atoms with Crippen molar-refractivity contribution in [3.05, 3.63) is 42.1 Å². The van der Waals surface area contributed by atoms with E-state index < -0.39 is 0 Å². The van der Waals surface area contributed by atoms with Gasteiger partial charge in [0.25, 0.3) is 5.91 Å². The predicted octanol–water partition coefficient (Wildman–Crippen LogP) is 4.86. The summed E-state index contributed by atoms with van der Waals surface area (Å²) >= 11 is 0. The number of likely N-dealkylation sites (N-methyl/N-ethyl adjacent to an activating group) is 1. The van der Waals surface area contributed by atoms with E-state index in [0.717, 1.165) is 113 Å². The summed E-state index contributed by atoms with van der Waals surface area (Å²) in [6.07, 6.45) is 5.09. The first kappa shape index (κ1) is 28.8. The number of pyridine rings is 1. The number of carbonyl (C=O) groups is 1. The highest BCUT2D eigenvalue weighted by atomic mass is 16.5. The number of piperazine rings is 1. The average Bonchev–Trinajstić information content (AvgIpc) is 3.30. The Morgan fingerprint density at radius 3 is 2.26 bits per heavy atom. The molecule has 0 spiro atoms. The number of amides is 1. The van der Waals surface area contributed by atoms with Crippen LogP contribution in [0.1, 0.15) is 56.4 Å². The number of unbranched alkanes of at least 4 members (excludes halogenated alkanes) is 2. The molecule has 9 nitrogen and oxygen atoms in total. The van der Waals surface area contributed by atoms with Crippen LogP contribution in [0.3, 0.4) is 0 Å². The maximum Gasteiger partial charge on any atom is 0.272 e. The molecule has 212 valence electrons. The molecular formula is C30H45N7O2. The molecule has 0 saturated carbocycles. The summed E-state index contributed by atoms with van der Waals surface area (Å²) in [6.45, 7) is 12.1. The normalized spacial score (nSPS) is 14.6. The lowest BCUT2D eigenvalue weighted by molar-refractivity contribution is 0.0745. The molecule has 1 N–H and O–H groups in total. The van der Waals surface area contributed by atoms with Gasteiger partial charge in [0.2, 0.25) is 5.95 Å². The van der Waals surface area contributed by atoms with Crippen molar-refractivity contribution in [2.24, 2.45) is 0 Å². The maximum atomic E-state index is 13.5. The molecule has 0 unspecified atom stereocenters. The number of anilines is 2. The van der Waals surface area contributed by atoms with Gasteiger partial charge in [-0.3, -0.25) is 9.36 Å². The summed E-state index contributed by atoms with van der Waals surface area (Å²) in [6, 6.07) is 11.6. The lowest BCUT2D eigenvalue weighted by Gasteiger charge is -2.32. The van der Waals surface area contributed by atoms with Crippen molar-refractivity contribution >= 4 is 28.7 Å². The topological polar surface area (TPSA) is 78.8 Å². The highest BCUT2D eigenvalue weighted by molar-refractivity contribution is 5.94. The predicted molar refractivity (Wildman–Crippen MR) is 158 cm³/mol. The lowest BCUT2D eigenvalue weighted by Crippen LogP contribution is -2.44. The second kappa shape index (κ2) is 14.3. The minimum atomic E-state index is 0.00801. The monoisotopic (exact) mass is 535 g/mol. The molecule has 2 aromatic heterocycles. The lowest BCUT2D eigenvalue weighted by atomic mass is 10.2. The van der Waals surface area contributed by atoms with Gasteiger partial charge < -0.3 is 24.8 Å². The quantitative estimate of drug-likeness (QED) is 0.316. The molecule has 1 aromatic carbocycles. The zero-order valence-electron chi connectivity index (χ0n) is 24.2. The molecule has 1 saturated heterocycles. The first-order valence-electron chi connectivity index (χ1n) is 14.5. The van der Waals surface area contributed by atoms with E-state index in [2.05, 4.69) is 40.6 Å². The van der Waals surface area contributed by atoms with E-state index in [0.29, 0.717) is 5.69 Å². The molecule has 1 aliphatic heterocycles.